The predicted octanol–water partition coefficient (Wildman–Crippen LogP) is 2.81. The van der Waals surface area contributed by atoms with Gasteiger partial charge in [-0.1, -0.05) is 33.1 Å². The summed E-state index contributed by atoms with van der Waals surface area (Å²) in [6.07, 6.45) is 12.0. The van der Waals surface area contributed by atoms with E-state index in [2.05, 4.69) is 24.0 Å². The van der Waals surface area contributed by atoms with Crippen molar-refractivity contribution in [2.75, 3.05) is 0 Å². The van der Waals surface area contributed by atoms with Gasteiger partial charge in [-0.05, 0) is 24.7 Å². The summed E-state index contributed by atoms with van der Waals surface area (Å²) >= 11 is 0. The van der Waals surface area contributed by atoms with Gasteiger partial charge in [0.05, 0.1) is 0 Å². The summed E-state index contributed by atoms with van der Waals surface area (Å²) in [5.41, 5.74) is 0.687. The van der Waals surface area contributed by atoms with E-state index in [1.807, 2.05) is 21.4 Å². The molecule has 1 fully saturated rings. The van der Waals surface area contributed by atoms with Gasteiger partial charge in [0.1, 0.15) is 5.82 Å². The van der Waals surface area contributed by atoms with Crippen LogP contribution in [-0.2, 0) is 13.0 Å². The van der Waals surface area contributed by atoms with Gasteiger partial charge < -0.3 is 4.57 Å². The molecule has 5 heteroatoms. The molecule has 3 rings (SSSR count). The lowest BCUT2D eigenvalue weighted by atomic mass is 9.75. The summed E-state index contributed by atoms with van der Waals surface area (Å²) in [6.45, 7) is 5.19. The van der Waals surface area contributed by atoms with Crippen LogP contribution in [0.3, 0.4) is 0 Å². The Morgan fingerprint density at radius 3 is 2.67 bits per heavy atom. The maximum Gasteiger partial charge on any atom is 0.296 e. The Bertz CT molecular complexity index is 679. The lowest BCUT2D eigenvalue weighted by molar-refractivity contribution is 0.181. The molecular weight excluding hydrogens is 264 g/mol. The number of nitrogens with zero attached hydrogens (tertiary/aromatic N) is 4. The van der Waals surface area contributed by atoms with Crippen molar-refractivity contribution in [2.24, 2.45) is 5.41 Å². The van der Waals surface area contributed by atoms with Crippen molar-refractivity contribution in [3.05, 3.63) is 28.6 Å². The van der Waals surface area contributed by atoms with Crippen molar-refractivity contribution < 1.29 is 0 Å². The Morgan fingerprint density at radius 1 is 1.19 bits per heavy atom. The molecule has 0 unspecified atom stereocenters. The summed E-state index contributed by atoms with van der Waals surface area (Å²) in [5, 5.41) is 8.24. The third-order valence-corrected chi connectivity index (χ3v) is 4.70. The summed E-state index contributed by atoms with van der Waals surface area (Å²) < 4.78 is 3.66. The van der Waals surface area contributed by atoms with Crippen LogP contribution in [0.25, 0.3) is 5.65 Å². The van der Waals surface area contributed by atoms with Crippen LogP contribution >= 0.6 is 0 Å². The van der Waals surface area contributed by atoms with E-state index in [9.17, 15) is 4.79 Å². The van der Waals surface area contributed by atoms with Crippen LogP contribution in [0.15, 0.2) is 17.2 Å². The second-order valence-corrected chi connectivity index (χ2v) is 6.66. The van der Waals surface area contributed by atoms with Gasteiger partial charge in [0.2, 0.25) is 5.65 Å². The zero-order valence-electron chi connectivity index (χ0n) is 13.0. The van der Waals surface area contributed by atoms with Gasteiger partial charge in [-0.15, -0.1) is 10.2 Å². The number of rotatable bonds is 4. The molecule has 0 amide bonds. The van der Waals surface area contributed by atoms with Crippen molar-refractivity contribution in [3.63, 3.8) is 0 Å². The van der Waals surface area contributed by atoms with E-state index in [0.717, 1.165) is 25.2 Å². The SMILES string of the molecule is CCCc1nnc2c(=O)n(CC3(C)CCCCC3)ccn12. The first kappa shape index (κ1) is 14.3. The zero-order chi connectivity index (χ0) is 14.9. The first-order chi connectivity index (χ1) is 10.1. The van der Waals surface area contributed by atoms with Crippen LogP contribution in [0, 0.1) is 5.41 Å². The average Bonchev–Trinajstić information content (AvgIpc) is 2.87. The van der Waals surface area contributed by atoms with Gasteiger partial charge in [0.25, 0.3) is 5.56 Å². The second kappa shape index (κ2) is 5.62. The second-order valence-electron chi connectivity index (χ2n) is 6.66. The van der Waals surface area contributed by atoms with Crippen LogP contribution in [0.1, 0.15) is 58.2 Å². The number of fused-ring (bicyclic) bond motifs is 1. The number of hydrogen-bond donors (Lipinski definition) is 0. The maximum atomic E-state index is 12.6. The summed E-state index contributed by atoms with van der Waals surface area (Å²) in [5.74, 6) is 0.876. The largest absolute Gasteiger partial charge is 0.310 e. The Morgan fingerprint density at radius 2 is 1.95 bits per heavy atom. The Hall–Kier alpha value is -1.65. The molecule has 1 saturated carbocycles. The molecule has 21 heavy (non-hydrogen) atoms. The Balaban J connectivity index is 1.93. The average molecular weight is 288 g/mol. The normalized spacial score (nSPS) is 18.2. The van der Waals surface area contributed by atoms with E-state index in [1.54, 1.807) is 0 Å². The molecule has 2 heterocycles. The van der Waals surface area contributed by atoms with Gasteiger partial charge in [-0.25, -0.2) is 0 Å². The van der Waals surface area contributed by atoms with Crippen molar-refractivity contribution in [3.8, 4) is 0 Å². The van der Waals surface area contributed by atoms with E-state index in [4.69, 9.17) is 0 Å². The minimum atomic E-state index is -0.0147. The molecule has 0 saturated heterocycles. The summed E-state index contributed by atoms with van der Waals surface area (Å²) in [4.78, 5) is 12.6. The molecule has 0 spiro atoms. The van der Waals surface area contributed by atoms with E-state index in [-0.39, 0.29) is 11.0 Å². The molecule has 0 bridgehead atoms. The monoisotopic (exact) mass is 288 g/mol. The van der Waals surface area contributed by atoms with E-state index < -0.39 is 0 Å². The van der Waals surface area contributed by atoms with Crippen LogP contribution in [0.2, 0.25) is 0 Å². The topological polar surface area (TPSA) is 52.2 Å². The van der Waals surface area contributed by atoms with E-state index in [0.29, 0.717) is 5.65 Å². The predicted molar refractivity (Wildman–Crippen MR) is 82.4 cm³/mol. The molecule has 5 nitrogen and oxygen atoms in total. The first-order valence-corrected chi connectivity index (χ1v) is 8.06. The molecule has 2 aromatic heterocycles. The highest BCUT2D eigenvalue weighted by Crippen LogP contribution is 2.36. The molecule has 0 aromatic carbocycles. The fraction of sp³-hybridized carbons (Fsp3) is 0.688. The van der Waals surface area contributed by atoms with Crippen molar-refractivity contribution >= 4 is 5.65 Å². The molecule has 0 radical (unpaired) electrons. The van der Waals surface area contributed by atoms with Gasteiger partial charge >= 0.3 is 0 Å². The number of aromatic nitrogens is 4. The molecule has 2 aromatic rings. The minimum Gasteiger partial charge on any atom is -0.310 e. The maximum absolute atomic E-state index is 12.6. The molecule has 0 atom stereocenters. The Kier molecular flexibility index (Phi) is 3.83. The highest BCUT2D eigenvalue weighted by molar-refractivity contribution is 5.34. The van der Waals surface area contributed by atoms with E-state index in [1.165, 1.54) is 32.1 Å². The van der Waals surface area contributed by atoms with Gasteiger partial charge in [-0.2, -0.15) is 0 Å². The molecule has 1 aliphatic carbocycles. The molecule has 0 N–H and O–H groups in total. The van der Waals surface area contributed by atoms with Crippen LogP contribution < -0.4 is 5.56 Å². The smallest absolute Gasteiger partial charge is 0.296 e. The van der Waals surface area contributed by atoms with E-state index >= 15 is 0 Å². The molecule has 0 aliphatic heterocycles. The summed E-state index contributed by atoms with van der Waals surface area (Å²) in [6, 6.07) is 0. The zero-order valence-corrected chi connectivity index (χ0v) is 13.0. The van der Waals surface area contributed by atoms with Gasteiger partial charge in [0.15, 0.2) is 0 Å². The lowest BCUT2D eigenvalue weighted by Gasteiger charge is -2.33. The quantitative estimate of drug-likeness (QED) is 0.869. The highest BCUT2D eigenvalue weighted by atomic mass is 16.1. The van der Waals surface area contributed by atoms with Gasteiger partial charge in [-0.3, -0.25) is 9.20 Å². The highest BCUT2D eigenvalue weighted by Gasteiger charge is 2.27. The standard InChI is InChI=1S/C16H24N4O/c1-3-7-13-17-18-14-15(21)19(10-11-20(13)14)12-16(2)8-5-4-6-9-16/h10-11H,3-9,12H2,1-2H3. The third kappa shape index (κ3) is 2.74. The molecule has 114 valence electrons. The van der Waals surface area contributed by atoms with Crippen LogP contribution in [0.5, 0.6) is 0 Å². The fourth-order valence-electron chi connectivity index (χ4n) is 3.46. The molecule has 1 aliphatic rings. The summed E-state index contributed by atoms with van der Waals surface area (Å²) in [7, 11) is 0. The fourth-order valence-corrected chi connectivity index (χ4v) is 3.46. The number of aryl methyl sites for hydroxylation is 1. The van der Waals surface area contributed by atoms with Crippen molar-refractivity contribution in [2.45, 2.75) is 65.3 Å². The third-order valence-electron chi connectivity index (χ3n) is 4.70. The number of hydrogen-bond acceptors (Lipinski definition) is 3. The van der Waals surface area contributed by atoms with Crippen molar-refractivity contribution in [1.82, 2.24) is 19.2 Å². The Labute approximate surface area is 125 Å². The van der Waals surface area contributed by atoms with Crippen molar-refractivity contribution in [1.29, 1.82) is 0 Å². The van der Waals surface area contributed by atoms with Crippen LogP contribution in [0.4, 0.5) is 0 Å². The first-order valence-electron chi connectivity index (χ1n) is 8.06. The lowest BCUT2D eigenvalue weighted by Crippen LogP contribution is -2.32. The van der Waals surface area contributed by atoms with Crippen LogP contribution in [-0.4, -0.2) is 19.2 Å². The van der Waals surface area contributed by atoms with Gasteiger partial charge in [0, 0.05) is 25.4 Å². The minimum absolute atomic E-state index is 0.0147. The molecular formula is C16H24N4O.